The lowest BCUT2D eigenvalue weighted by atomic mass is 10.1. The second kappa shape index (κ2) is 32.3. The minimum absolute atomic E-state index is 1.08. The van der Waals surface area contributed by atoms with Crippen molar-refractivity contribution in [3.63, 3.8) is 0 Å². The highest BCUT2D eigenvalue weighted by Gasteiger charge is 2.18. The van der Waals surface area contributed by atoms with Gasteiger partial charge in [-0.05, 0) is 216 Å². The average molecular weight is 1440 g/mol. The summed E-state index contributed by atoms with van der Waals surface area (Å²) in [6.07, 6.45) is 8.63. The third-order valence-corrected chi connectivity index (χ3v) is 19.6. The van der Waals surface area contributed by atoms with Gasteiger partial charge < -0.3 is 29.2 Å². The highest BCUT2D eigenvalue weighted by molar-refractivity contribution is 9.10. The van der Waals surface area contributed by atoms with Crippen molar-refractivity contribution < 1.29 is 0 Å². The number of nitrogens with zero attached hydrogens (tertiary/aromatic N) is 5. The van der Waals surface area contributed by atoms with Gasteiger partial charge >= 0.3 is 0 Å². The molecule has 0 saturated heterocycles. The van der Waals surface area contributed by atoms with Crippen molar-refractivity contribution in [3.05, 3.63) is 451 Å². The van der Waals surface area contributed by atoms with Gasteiger partial charge in [-0.15, -0.1) is 0 Å². The van der Waals surface area contributed by atoms with Gasteiger partial charge in [0.15, 0.2) is 0 Å². The van der Waals surface area contributed by atoms with Crippen LogP contribution in [0.15, 0.2) is 429 Å². The Hall–Kier alpha value is -13.7. The maximum Gasteiger partial charge on any atom is 0.0541 e. The lowest BCUT2D eigenvalue weighted by molar-refractivity contribution is 1.17. The first-order valence-corrected chi connectivity index (χ1v) is 36.9. The maximum atomic E-state index is 3.47. The van der Waals surface area contributed by atoms with Gasteiger partial charge in [0.2, 0.25) is 0 Å². The number of hydrogen-bond donors (Lipinski definition) is 1. The summed E-state index contributed by atoms with van der Waals surface area (Å²) in [4.78, 5) is 6.86. The van der Waals surface area contributed by atoms with Crippen LogP contribution in [0.2, 0.25) is 0 Å². The number of para-hydroxylation sites is 10. The van der Waals surface area contributed by atoms with Crippen molar-refractivity contribution in [2.24, 2.45) is 0 Å². The lowest BCUT2D eigenvalue weighted by Gasteiger charge is -2.26. The molecule has 2 heterocycles. The number of hydrogen-bond acceptors (Lipinski definition) is 4. The van der Waals surface area contributed by atoms with Crippen molar-refractivity contribution in [2.75, 3.05) is 20.0 Å². The minimum Gasteiger partial charge on any atom is -0.356 e. The second-order valence-corrected chi connectivity index (χ2v) is 26.9. The molecule has 1 N–H and O–H groups in total. The fourth-order valence-electron chi connectivity index (χ4n) is 13.9. The number of fused-ring (bicyclic) bond motifs is 6. The molecule has 0 aliphatic carbocycles. The van der Waals surface area contributed by atoms with E-state index in [1.165, 1.54) is 60.4 Å². The van der Waals surface area contributed by atoms with E-state index in [9.17, 15) is 0 Å². The van der Waals surface area contributed by atoms with Gasteiger partial charge in [0.05, 0.1) is 22.1 Å². The van der Waals surface area contributed by atoms with Crippen LogP contribution in [-0.4, -0.2) is 9.13 Å². The van der Waals surface area contributed by atoms with Crippen LogP contribution in [-0.2, 0) is 0 Å². The molecule has 0 aliphatic heterocycles. The van der Waals surface area contributed by atoms with Crippen LogP contribution in [0.1, 0.15) is 22.3 Å². The monoisotopic (exact) mass is 1440 g/mol. The van der Waals surface area contributed by atoms with Crippen LogP contribution in [0.5, 0.6) is 0 Å². The highest BCUT2D eigenvalue weighted by Crippen LogP contribution is 2.40. The Kier molecular flexibility index (Phi) is 20.5. The van der Waals surface area contributed by atoms with Gasteiger partial charge in [0.25, 0.3) is 0 Å². The van der Waals surface area contributed by atoms with E-state index in [1.54, 1.807) is 0 Å². The standard InChI is InChI=1S/C50H37N3.C26H20BrN.C24H18N2/c1-4-14-40(15-5-1)51(41-16-6-2-7-17-41)43-30-26-38(27-31-43)24-25-39-28-32-44(33-29-39)52(42-18-8-3-9-19-42)45-34-36-46(37-35-45)53-49-22-12-10-20-47(49)48-21-11-13-23-50(48)53;27-23-17-13-21(14-18-23)11-12-22-15-19-26(20-16-22)28(24-7-3-1-4-8-24)25-9-5-2-6-10-25;1-2-8-18(9-3-1)25-19-14-16-20(17-15-19)26-23-12-6-4-10-21(23)22-11-5-7-13-24(22)26/h1-37H;1-20H;1-17,25H/b25-24+;12-11+;. The van der Waals surface area contributed by atoms with Crippen LogP contribution in [0, 0.1) is 0 Å². The summed E-state index contributed by atoms with van der Waals surface area (Å²) >= 11 is 3.47. The Morgan fingerprint density at radius 1 is 0.196 bits per heavy atom. The number of aromatic nitrogens is 2. The number of anilines is 11. The van der Waals surface area contributed by atoms with Crippen LogP contribution in [0.4, 0.5) is 62.6 Å². The van der Waals surface area contributed by atoms with Gasteiger partial charge in [-0.1, -0.05) is 271 Å². The van der Waals surface area contributed by atoms with E-state index in [4.69, 9.17) is 0 Å². The summed E-state index contributed by atoms with van der Waals surface area (Å²) in [5.74, 6) is 0. The third-order valence-electron chi connectivity index (χ3n) is 19.0. The molecule has 0 aliphatic rings. The van der Waals surface area contributed by atoms with Crippen LogP contribution < -0.4 is 20.0 Å². The summed E-state index contributed by atoms with van der Waals surface area (Å²) < 4.78 is 5.78. The third kappa shape index (κ3) is 15.5. The van der Waals surface area contributed by atoms with E-state index in [0.717, 1.165) is 83.8 Å². The molecule has 18 rings (SSSR count). The van der Waals surface area contributed by atoms with Crippen LogP contribution in [0.25, 0.3) is 79.3 Å². The summed E-state index contributed by atoms with van der Waals surface area (Å²) in [6, 6.07) is 149. The van der Waals surface area contributed by atoms with E-state index in [-0.39, 0.29) is 0 Å². The zero-order valence-corrected chi connectivity index (χ0v) is 60.4. The summed E-state index contributed by atoms with van der Waals surface area (Å²) in [6.45, 7) is 0. The van der Waals surface area contributed by atoms with E-state index in [2.05, 4.69) is 464 Å². The first-order valence-electron chi connectivity index (χ1n) is 36.1. The topological polar surface area (TPSA) is 31.6 Å². The number of benzene rings is 16. The first kappa shape index (κ1) is 67.7. The molecule has 512 valence electrons. The smallest absolute Gasteiger partial charge is 0.0541 e. The molecule has 18 aromatic rings. The molecular weight excluding hydrogens is 1370 g/mol. The molecule has 0 spiro atoms. The molecule has 7 heteroatoms. The Balaban J connectivity index is 0.000000136. The molecule has 0 radical (unpaired) electrons. The molecule has 0 saturated carbocycles. The van der Waals surface area contributed by atoms with E-state index >= 15 is 0 Å². The molecular formula is C100H75BrN6. The van der Waals surface area contributed by atoms with Crippen molar-refractivity contribution >= 4 is 146 Å². The van der Waals surface area contributed by atoms with Crippen LogP contribution in [0.3, 0.4) is 0 Å². The molecule has 0 amide bonds. The molecule has 0 fully saturated rings. The van der Waals surface area contributed by atoms with Crippen molar-refractivity contribution in [2.45, 2.75) is 0 Å². The normalized spacial score (nSPS) is 11.1. The number of nitrogens with one attached hydrogen (secondary N) is 1. The molecule has 16 aromatic carbocycles. The number of rotatable bonds is 17. The largest absolute Gasteiger partial charge is 0.356 e. The van der Waals surface area contributed by atoms with E-state index < -0.39 is 0 Å². The molecule has 0 unspecified atom stereocenters. The Morgan fingerprint density at radius 3 is 0.682 bits per heavy atom. The van der Waals surface area contributed by atoms with Gasteiger partial charge in [0, 0.05) is 100.0 Å². The fourth-order valence-corrected chi connectivity index (χ4v) is 14.2. The predicted octanol–water partition coefficient (Wildman–Crippen LogP) is 28.5. The van der Waals surface area contributed by atoms with E-state index in [1.807, 2.05) is 30.3 Å². The first-order chi connectivity index (χ1) is 53.0. The van der Waals surface area contributed by atoms with E-state index in [0.29, 0.717) is 0 Å². The second-order valence-electron chi connectivity index (χ2n) is 26.0. The van der Waals surface area contributed by atoms with Gasteiger partial charge in [0.1, 0.15) is 0 Å². The van der Waals surface area contributed by atoms with Crippen molar-refractivity contribution in [1.82, 2.24) is 9.13 Å². The Morgan fingerprint density at radius 2 is 0.402 bits per heavy atom. The molecule has 0 bridgehead atoms. The van der Waals surface area contributed by atoms with Gasteiger partial charge in [-0.3, -0.25) is 0 Å². The zero-order chi connectivity index (χ0) is 71.9. The maximum absolute atomic E-state index is 3.47. The lowest BCUT2D eigenvalue weighted by Crippen LogP contribution is -2.10. The zero-order valence-electron chi connectivity index (χ0n) is 58.8. The van der Waals surface area contributed by atoms with Crippen molar-refractivity contribution in [3.8, 4) is 11.4 Å². The quantitative estimate of drug-likeness (QED) is 0.0921. The van der Waals surface area contributed by atoms with Crippen molar-refractivity contribution in [1.29, 1.82) is 0 Å². The molecule has 0 atom stereocenters. The minimum atomic E-state index is 1.08. The Labute approximate surface area is 634 Å². The summed E-state index contributed by atoms with van der Waals surface area (Å²) in [5.41, 5.74) is 24.1. The van der Waals surface area contributed by atoms with Crippen LogP contribution >= 0.6 is 15.9 Å². The average Bonchev–Trinajstić information content (AvgIpc) is 1.64. The SMILES string of the molecule is Brc1ccc(/C=C/c2ccc(N(c3ccccc3)c3ccccc3)cc2)cc1.C(=C\c1ccc(N(c2ccccc2)c2ccc(-n3c4ccccc4c4ccccc43)cc2)cc1)/c1ccc(N(c2ccccc2)c2ccccc2)cc1.c1ccc(Nc2ccc(-n3c4ccccc4c4ccccc43)cc2)cc1. The summed E-state index contributed by atoms with van der Waals surface area (Å²) in [7, 11) is 0. The predicted molar refractivity (Wildman–Crippen MR) is 460 cm³/mol. The number of halogens is 1. The molecule has 107 heavy (non-hydrogen) atoms. The molecule has 6 nitrogen and oxygen atoms in total. The van der Waals surface area contributed by atoms with Gasteiger partial charge in [-0.25, -0.2) is 0 Å². The highest BCUT2D eigenvalue weighted by atomic mass is 79.9. The molecule has 2 aromatic heterocycles. The fraction of sp³-hybridized carbons (Fsp3) is 0. The summed E-state index contributed by atoms with van der Waals surface area (Å²) in [5, 5.41) is 8.55. The van der Waals surface area contributed by atoms with Gasteiger partial charge in [-0.2, -0.15) is 0 Å². The Bertz CT molecular complexity index is 5790.